The van der Waals surface area contributed by atoms with E-state index >= 15 is 0 Å². The maximum Gasteiger partial charge on any atom is 0.131 e. The lowest BCUT2D eigenvalue weighted by Gasteiger charge is -2.07. The average Bonchev–Trinajstić information content (AvgIpc) is 2.99. The third-order valence-corrected chi connectivity index (χ3v) is 7.32. The molecule has 4 aromatic carbocycles. The minimum atomic E-state index is -0.282. The van der Waals surface area contributed by atoms with E-state index in [1.54, 1.807) is 18.2 Å². The fourth-order valence-corrected chi connectivity index (χ4v) is 4.83. The van der Waals surface area contributed by atoms with Crippen molar-refractivity contribution in [2.45, 2.75) is 78.2 Å². The van der Waals surface area contributed by atoms with Gasteiger partial charge in [-0.05, 0) is 77.6 Å². The minimum Gasteiger partial charge on any atom is -0.396 e. The van der Waals surface area contributed by atoms with Crippen LogP contribution in [0.5, 0.6) is 0 Å². The maximum atomic E-state index is 14.1. The first kappa shape index (κ1) is 32.2. The highest BCUT2D eigenvalue weighted by molar-refractivity contribution is 5.65. The van der Waals surface area contributed by atoms with Crippen LogP contribution in [0.1, 0.15) is 74.6 Å². The molecule has 4 aromatic rings. The lowest BCUT2D eigenvalue weighted by atomic mass is 9.99. The van der Waals surface area contributed by atoms with Crippen molar-refractivity contribution in [1.82, 2.24) is 0 Å². The van der Waals surface area contributed by atoms with Crippen LogP contribution in [0.25, 0.3) is 22.3 Å². The summed E-state index contributed by atoms with van der Waals surface area (Å²) in [6, 6.07) is 26.3. The quantitative estimate of drug-likeness (QED) is 0.160. The Morgan fingerprint density at radius 2 is 0.902 bits per heavy atom. The van der Waals surface area contributed by atoms with Crippen LogP contribution in [0.4, 0.5) is 8.78 Å². The Balaban J connectivity index is 0.000000226. The van der Waals surface area contributed by atoms with Crippen LogP contribution >= 0.6 is 0 Å². The number of aliphatic hydroxyl groups excluding tert-OH is 2. The molecule has 0 heterocycles. The van der Waals surface area contributed by atoms with Crippen molar-refractivity contribution >= 4 is 0 Å². The molecule has 0 amide bonds. The first-order chi connectivity index (χ1) is 20.0. The third-order valence-electron chi connectivity index (χ3n) is 7.32. The number of hydrogen-bond donors (Lipinski definition) is 2. The fourth-order valence-electron chi connectivity index (χ4n) is 4.83. The highest BCUT2D eigenvalue weighted by atomic mass is 19.1. The summed E-state index contributed by atoms with van der Waals surface area (Å²) in [5.74, 6) is -0.505. The highest BCUT2D eigenvalue weighted by Crippen LogP contribution is 2.26. The van der Waals surface area contributed by atoms with Gasteiger partial charge in [0.1, 0.15) is 11.6 Å². The van der Waals surface area contributed by atoms with E-state index in [4.69, 9.17) is 10.2 Å². The predicted molar refractivity (Wildman–Crippen MR) is 167 cm³/mol. The molecule has 0 saturated carbocycles. The van der Waals surface area contributed by atoms with Crippen LogP contribution in [0, 0.1) is 11.6 Å². The van der Waals surface area contributed by atoms with E-state index in [2.05, 4.69) is 38.1 Å². The maximum absolute atomic E-state index is 14.1. The van der Waals surface area contributed by atoms with Gasteiger partial charge in [0.25, 0.3) is 0 Å². The van der Waals surface area contributed by atoms with E-state index in [9.17, 15) is 8.78 Å². The molecule has 0 aliphatic rings. The SMILES string of the molecule is CCCCCc1ccc(-c2ccc(CCO)cc2F)cc1.CCCCCc1ccc(-c2ccc(CO)cc2F)cc1. The summed E-state index contributed by atoms with van der Waals surface area (Å²) in [6.07, 6.45) is 10.0. The Hall–Kier alpha value is -3.34. The van der Waals surface area contributed by atoms with Gasteiger partial charge in [0.15, 0.2) is 0 Å². The third kappa shape index (κ3) is 10.2. The molecule has 0 aliphatic carbocycles. The van der Waals surface area contributed by atoms with Gasteiger partial charge in [-0.2, -0.15) is 0 Å². The van der Waals surface area contributed by atoms with Gasteiger partial charge in [0, 0.05) is 17.7 Å². The number of aliphatic hydroxyl groups is 2. The number of rotatable bonds is 13. The Kier molecular flexibility index (Phi) is 13.7. The molecule has 2 nitrogen and oxygen atoms in total. The van der Waals surface area contributed by atoms with Crippen LogP contribution in [0.3, 0.4) is 0 Å². The molecule has 218 valence electrons. The molecular formula is C37H44F2O2. The zero-order chi connectivity index (χ0) is 29.5. The van der Waals surface area contributed by atoms with Crippen LogP contribution in [-0.4, -0.2) is 16.8 Å². The Bertz CT molecular complexity index is 1310. The average molecular weight is 559 g/mol. The molecule has 41 heavy (non-hydrogen) atoms. The molecule has 0 radical (unpaired) electrons. The number of benzene rings is 4. The lowest BCUT2D eigenvalue weighted by Crippen LogP contribution is -1.93. The van der Waals surface area contributed by atoms with Crippen LogP contribution in [0.15, 0.2) is 84.9 Å². The molecule has 0 aromatic heterocycles. The number of unbranched alkanes of at least 4 members (excludes halogenated alkanes) is 4. The largest absolute Gasteiger partial charge is 0.396 e. The molecule has 0 bridgehead atoms. The van der Waals surface area contributed by atoms with Crippen LogP contribution in [-0.2, 0) is 25.9 Å². The highest BCUT2D eigenvalue weighted by Gasteiger charge is 2.07. The summed E-state index contributed by atoms with van der Waals surface area (Å²) in [5.41, 5.74) is 7.03. The summed E-state index contributed by atoms with van der Waals surface area (Å²) in [7, 11) is 0. The Morgan fingerprint density at radius 1 is 0.488 bits per heavy atom. The summed E-state index contributed by atoms with van der Waals surface area (Å²) < 4.78 is 28.1. The first-order valence-corrected chi connectivity index (χ1v) is 15.0. The van der Waals surface area contributed by atoms with E-state index in [1.165, 1.54) is 61.8 Å². The zero-order valence-corrected chi connectivity index (χ0v) is 24.5. The summed E-state index contributed by atoms with van der Waals surface area (Å²) >= 11 is 0. The summed E-state index contributed by atoms with van der Waals surface area (Å²) in [5, 5.41) is 17.9. The monoisotopic (exact) mass is 558 g/mol. The Morgan fingerprint density at radius 3 is 1.29 bits per heavy atom. The van der Waals surface area contributed by atoms with Gasteiger partial charge in [-0.1, -0.05) is 112 Å². The van der Waals surface area contributed by atoms with E-state index < -0.39 is 0 Å². The topological polar surface area (TPSA) is 40.5 Å². The lowest BCUT2D eigenvalue weighted by molar-refractivity contribution is 0.281. The van der Waals surface area contributed by atoms with Crippen molar-refractivity contribution in [3.8, 4) is 22.3 Å². The van der Waals surface area contributed by atoms with Gasteiger partial charge >= 0.3 is 0 Å². The summed E-state index contributed by atoms with van der Waals surface area (Å²) in [4.78, 5) is 0. The zero-order valence-electron chi connectivity index (χ0n) is 24.5. The Labute approximate surface area is 244 Å². The molecular weight excluding hydrogens is 514 g/mol. The minimum absolute atomic E-state index is 0.0469. The molecule has 4 rings (SSSR count). The van der Waals surface area contributed by atoms with Crippen molar-refractivity contribution in [2.24, 2.45) is 0 Å². The van der Waals surface area contributed by atoms with E-state index in [0.717, 1.165) is 29.5 Å². The number of aryl methyl sites for hydroxylation is 2. The van der Waals surface area contributed by atoms with Crippen molar-refractivity contribution < 1.29 is 19.0 Å². The molecule has 0 unspecified atom stereocenters. The van der Waals surface area contributed by atoms with Gasteiger partial charge < -0.3 is 10.2 Å². The van der Waals surface area contributed by atoms with E-state index in [1.807, 2.05) is 30.3 Å². The van der Waals surface area contributed by atoms with Gasteiger partial charge in [0.2, 0.25) is 0 Å². The second kappa shape index (κ2) is 17.5. The molecule has 0 atom stereocenters. The number of hydrogen-bond acceptors (Lipinski definition) is 2. The molecule has 2 N–H and O–H groups in total. The fraction of sp³-hybridized carbons (Fsp3) is 0.351. The van der Waals surface area contributed by atoms with Crippen LogP contribution in [0.2, 0.25) is 0 Å². The second-order valence-electron chi connectivity index (χ2n) is 10.6. The molecule has 4 heteroatoms. The van der Waals surface area contributed by atoms with Crippen LogP contribution < -0.4 is 0 Å². The molecule has 0 fully saturated rings. The number of halogens is 2. The van der Waals surface area contributed by atoms with Gasteiger partial charge in [0.05, 0.1) is 6.61 Å². The second-order valence-corrected chi connectivity index (χ2v) is 10.6. The molecule has 0 spiro atoms. The first-order valence-electron chi connectivity index (χ1n) is 15.0. The normalized spacial score (nSPS) is 10.8. The van der Waals surface area contributed by atoms with Crippen molar-refractivity contribution in [3.05, 3.63) is 119 Å². The van der Waals surface area contributed by atoms with E-state index in [0.29, 0.717) is 23.1 Å². The predicted octanol–water partition coefficient (Wildman–Crippen LogP) is 9.48. The van der Waals surface area contributed by atoms with Crippen molar-refractivity contribution in [3.63, 3.8) is 0 Å². The van der Waals surface area contributed by atoms with Gasteiger partial charge in [-0.25, -0.2) is 8.78 Å². The van der Waals surface area contributed by atoms with Crippen molar-refractivity contribution in [2.75, 3.05) is 6.61 Å². The standard InChI is InChI=1S/C19H23FO.C18H21FO/c1-2-3-4-5-15-6-9-17(10-7-15)18-11-8-16(12-13-21)14-19(18)20;1-2-3-4-5-14-6-9-16(10-7-14)17-11-8-15(13-20)12-18(17)19/h6-11,14,21H,2-5,12-13H2,1H3;6-12,20H,2-5,13H2,1H3. The summed E-state index contributed by atoms with van der Waals surface area (Å²) in [6.45, 7) is 4.31. The van der Waals surface area contributed by atoms with E-state index in [-0.39, 0.29) is 24.8 Å². The molecule has 0 aliphatic heterocycles. The molecule has 0 saturated heterocycles. The van der Waals surface area contributed by atoms with Gasteiger partial charge in [-0.15, -0.1) is 0 Å². The van der Waals surface area contributed by atoms with Gasteiger partial charge in [-0.3, -0.25) is 0 Å². The smallest absolute Gasteiger partial charge is 0.131 e. The van der Waals surface area contributed by atoms with Crippen molar-refractivity contribution in [1.29, 1.82) is 0 Å².